The third kappa shape index (κ3) is 2.79. The minimum atomic E-state index is -0.128. The first kappa shape index (κ1) is 19.6. The van der Waals surface area contributed by atoms with E-state index in [-0.39, 0.29) is 25.4 Å². The molecule has 0 bridgehead atoms. The number of Topliss-reactive ketones (excluding diaryl/α,β-unsaturated/α-hetero) is 1. The lowest BCUT2D eigenvalue weighted by molar-refractivity contribution is -0.116. The topological polar surface area (TPSA) is 57.2 Å². The molecule has 6 heteroatoms. The van der Waals surface area contributed by atoms with Crippen LogP contribution in [0.1, 0.15) is 41.6 Å². The van der Waals surface area contributed by atoms with Crippen LogP contribution in [0.5, 0.6) is 23.0 Å². The van der Waals surface area contributed by atoms with Gasteiger partial charge in [-0.1, -0.05) is 31.2 Å². The molecular weight excluding hydrogens is 442 g/mol. The first-order valence-corrected chi connectivity index (χ1v) is 12.4. The van der Waals surface area contributed by atoms with Crippen LogP contribution >= 0.6 is 0 Å². The predicted molar refractivity (Wildman–Crippen MR) is 129 cm³/mol. The molecule has 176 valence electrons. The number of allylic oxidation sites excluding steroid dienone is 4. The lowest BCUT2D eigenvalue weighted by Crippen LogP contribution is -2.37. The molecule has 4 atom stereocenters. The summed E-state index contributed by atoms with van der Waals surface area (Å²) < 4.78 is 23.0. The maximum atomic E-state index is 13.6. The number of nitrogens with zero attached hydrogens (tertiary/aromatic N) is 1. The van der Waals surface area contributed by atoms with Crippen LogP contribution in [0.25, 0.3) is 11.8 Å². The van der Waals surface area contributed by atoms with Crippen molar-refractivity contribution in [1.29, 1.82) is 0 Å². The van der Waals surface area contributed by atoms with Gasteiger partial charge in [0.2, 0.25) is 13.6 Å². The average Bonchev–Trinajstić information content (AvgIpc) is 3.24. The Kier molecular flexibility index (Phi) is 3.89. The molecule has 4 unspecified atom stereocenters. The van der Waals surface area contributed by atoms with Gasteiger partial charge in [-0.15, -0.1) is 0 Å². The van der Waals surface area contributed by atoms with E-state index < -0.39 is 0 Å². The number of ether oxygens (including phenoxy) is 4. The Morgan fingerprint density at radius 1 is 1.03 bits per heavy atom. The minimum Gasteiger partial charge on any atom is -0.454 e. The summed E-state index contributed by atoms with van der Waals surface area (Å²) >= 11 is 0. The van der Waals surface area contributed by atoms with Gasteiger partial charge in [0, 0.05) is 35.4 Å². The molecule has 0 saturated heterocycles. The van der Waals surface area contributed by atoms with Gasteiger partial charge in [-0.25, -0.2) is 0 Å². The van der Waals surface area contributed by atoms with Crippen molar-refractivity contribution in [3.8, 4) is 23.0 Å². The second-order valence-electron chi connectivity index (χ2n) is 10.3. The van der Waals surface area contributed by atoms with Crippen LogP contribution in [0.2, 0.25) is 0 Å². The summed E-state index contributed by atoms with van der Waals surface area (Å²) in [5, 5.41) is 0. The zero-order chi connectivity index (χ0) is 23.3. The molecule has 2 aromatic carbocycles. The SMILES string of the molecule is CC1C2C=CC(C(=O)CC3c4c(ccc5c4OCO5)C=C4c5cc6c(cc5CCN43)OCO6)=CC12. The fourth-order valence-corrected chi connectivity index (χ4v) is 6.47. The summed E-state index contributed by atoms with van der Waals surface area (Å²) in [7, 11) is 0. The minimum absolute atomic E-state index is 0.128. The van der Waals surface area contributed by atoms with Crippen molar-refractivity contribution in [1.82, 2.24) is 4.90 Å². The largest absolute Gasteiger partial charge is 0.454 e. The highest BCUT2D eigenvalue weighted by Gasteiger charge is 2.45. The lowest BCUT2D eigenvalue weighted by Gasteiger charge is -2.43. The Hall–Kier alpha value is -3.67. The van der Waals surface area contributed by atoms with E-state index in [1.54, 1.807) is 0 Å². The molecule has 4 aliphatic heterocycles. The van der Waals surface area contributed by atoms with Gasteiger partial charge in [-0.2, -0.15) is 0 Å². The van der Waals surface area contributed by atoms with Crippen molar-refractivity contribution in [2.75, 3.05) is 20.1 Å². The molecule has 35 heavy (non-hydrogen) atoms. The van der Waals surface area contributed by atoms with E-state index in [2.05, 4.69) is 48.3 Å². The van der Waals surface area contributed by atoms with Crippen LogP contribution in [0, 0.1) is 17.8 Å². The quantitative estimate of drug-likeness (QED) is 0.641. The number of hydrogen-bond acceptors (Lipinski definition) is 6. The summed E-state index contributed by atoms with van der Waals surface area (Å²) in [5.74, 6) is 5.07. The number of ketones is 1. The molecule has 4 heterocycles. The summed E-state index contributed by atoms with van der Waals surface area (Å²) in [6, 6.07) is 8.12. The molecule has 0 aromatic heterocycles. The van der Waals surface area contributed by atoms with Crippen molar-refractivity contribution in [2.24, 2.45) is 17.8 Å². The second kappa shape index (κ2) is 6.94. The van der Waals surface area contributed by atoms with Gasteiger partial charge < -0.3 is 23.8 Å². The monoisotopic (exact) mass is 467 g/mol. The van der Waals surface area contributed by atoms with Gasteiger partial charge in [-0.05, 0) is 59.6 Å². The van der Waals surface area contributed by atoms with E-state index in [1.165, 1.54) is 5.56 Å². The summed E-state index contributed by atoms with van der Waals surface area (Å²) in [6.45, 7) is 3.55. The Bertz CT molecular complexity index is 1400. The van der Waals surface area contributed by atoms with Crippen LogP contribution in [-0.4, -0.2) is 30.8 Å². The first-order chi connectivity index (χ1) is 17.2. The molecule has 0 amide bonds. The fraction of sp³-hybridized carbons (Fsp3) is 0.345. The summed E-state index contributed by atoms with van der Waals surface area (Å²) in [5.41, 5.74) is 6.49. The molecule has 6 aliphatic rings. The second-order valence-corrected chi connectivity index (χ2v) is 10.3. The molecule has 0 N–H and O–H groups in total. The standard InChI is InChI=1S/C29H25NO5/c1-15-19-4-2-17(8-20(15)19)24(31)12-23-28-18(3-5-25-29(28)35-14-32-25)9-22-21-11-27-26(33-13-34-27)10-16(21)6-7-30(22)23/h2-5,8-11,15,19-20,23H,6-7,12-14H2,1H3. The van der Waals surface area contributed by atoms with E-state index in [0.717, 1.165) is 63.9 Å². The smallest absolute Gasteiger partial charge is 0.231 e. The number of carbonyl (C=O) groups is 1. The van der Waals surface area contributed by atoms with Gasteiger partial charge >= 0.3 is 0 Å². The van der Waals surface area contributed by atoms with Gasteiger partial charge in [-0.3, -0.25) is 4.79 Å². The molecule has 0 spiro atoms. The normalized spacial score (nSPS) is 27.9. The maximum absolute atomic E-state index is 13.6. The molecule has 2 aliphatic carbocycles. The average molecular weight is 468 g/mol. The van der Waals surface area contributed by atoms with Crippen molar-refractivity contribution >= 4 is 17.6 Å². The number of fused-ring (bicyclic) bond motifs is 8. The number of hydrogen-bond donors (Lipinski definition) is 0. The van der Waals surface area contributed by atoms with Crippen molar-refractivity contribution in [3.63, 3.8) is 0 Å². The summed E-state index contributed by atoms with van der Waals surface area (Å²) in [4.78, 5) is 16.0. The molecule has 2 aromatic rings. The Morgan fingerprint density at radius 2 is 1.86 bits per heavy atom. The Labute approximate surface area is 203 Å². The van der Waals surface area contributed by atoms with Crippen LogP contribution in [-0.2, 0) is 11.2 Å². The van der Waals surface area contributed by atoms with Crippen molar-refractivity contribution < 1.29 is 23.7 Å². The number of carbonyl (C=O) groups excluding carboxylic acids is 1. The van der Waals surface area contributed by atoms with Gasteiger partial charge in [0.1, 0.15) is 0 Å². The molecule has 0 radical (unpaired) electrons. The fourth-order valence-electron chi connectivity index (χ4n) is 6.47. The van der Waals surface area contributed by atoms with Crippen LogP contribution in [0.15, 0.2) is 48.1 Å². The third-order valence-electron chi connectivity index (χ3n) is 8.51. The van der Waals surface area contributed by atoms with Crippen molar-refractivity contribution in [2.45, 2.75) is 25.8 Å². The van der Waals surface area contributed by atoms with Crippen LogP contribution in [0.3, 0.4) is 0 Å². The van der Waals surface area contributed by atoms with E-state index in [0.29, 0.717) is 24.2 Å². The first-order valence-electron chi connectivity index (χ1n) is 12.4. The maximum Gasteiger partial charge on any atom is 0.231 e. The highest BCUT2D eigenvalue weighted by molar-refractivity contribution is 5.99. The van der Waals surface area contributed by atoms with Gasteiger partial charge in [0.05, 0.1) is 6.04 Å². The van der Waals surface area contributed by atoms with E-state index in [1.807, 2.05) is 12.1 Å². The van der Waals surface area contributed by atoms with E-state index >= 15 is 0 Å². The molecule has 6 nitrogen and oxygen atoms in total. The van der Waals surface area contributed by atoms with Crippen LogP contribution < -0.4 is 18.9 Å². The van der Waals surface area contributed by atoms with Crippen LogP contribution in [0.4, 0.5) is 0 Å². The number of benzene rings is 2. The zero-order valence-corrected chi connectivity index (χ0v) is 19.5. The molecule has 1 saturated carbocycles. The van der Waals surface area contributed by atoms with Gasteiger partial charge in [0.25, 0.3) is 0 Å². The van der Waals surface area contributed by atoms with E-state index in [4.69, 9.17) is 18.9 Å². The zero-order valence-electron chi connectivity index (χ0n) is 19.5. The molecule has 8 rings (SSSR count). The Morgan fingerprint density at radius 3 is 2.74 bits per heavy atom. The molecule has 1 fully saturated rings. The third-order valence-corrected chi connectivity index (χ3v) is 8.51. The Balaban J connectivity index is 1.23. The van der Waals surface area contributed by atoms with E-state index in [9.17, 15) is 4.79 Å². The molecular formula is C29H25NO5. The van der Waals surface area contributed by atoms with Gasteiger partial charge in [0.15, 0.2) is 28.8 Å². The van der Waals surface area contributed by atoms with Crippen molar-refractivity contribution in [3.05, 3.63) is 70.3 Å². The summed E-state index contributed by atoms with van der Waals surface area (Å²) in [6.07, 6.45) is 9.94. The highest BCUT2D eigenvalue weighted by Crippen LogP contribution is 2.53. The number of rotatable bonds is 3. The highest BCUT2D eigenvalue weighted by atomic mass is 16.7. The lowest BCUT2D eigenvalue weighted by atomic mass is 9.83. The predicted octanol–water partition coefficient (Wildman–Crippen LogP) is 4.89.